The van der Waals surface area contributed by atoms with Crippen LogP contribution in [0.4, 0.5) is 0 Å². The fourth-order valence-electron chi connectivity index (χ4n) is 1.21. The molecule has 0 aliphatic heterocycles. The molecule has 0 radical (unpaired) electrons. The van der Waals surface area contributed by atoms with Gasteiger partial charge in [0.15, 0.2) is 11.6 Å². The first-order chi connectivity index (χ1) is 7.08. The summed E-state index contributed by atoms with van der Waals surface area (Å²) in [5.74, 6) is -0.165. The lowest BCUT2D eigenvalue weighted by Gasteiger charge is -1.87. The predicted molar refractivity (Wildman–Crippen MR) is 48.4 cm³/mol. The number of hydrogen-bond acceptors (Lipinski definition) is 5. The fourth-order valence-corrected chi connectivity index (χ4v) is 1.21. The third-order valence-electron chi connectivity index (χ3n) is 1.82. The second kappa shape index (κ2) is 3.23. The molecule has 6 heteroatoms. The first-order valence-electron chi connectivity index (χ1n) is 4.21. The lowest BCUT2D eigenvalue weighted by atomic mass is 10.4. The summed E-state index contributed by atoms with van der Waals surface area (Å²) in [6.07, 6.45) is 1.06. The van der Waals surface area contributed by atoms with E-state index in [2.05, 4.69) is 9.97 Å². The van der Waals surface area contributed by atoms with Gasteiger partial charge in [-0.1, -0.05) is 0 Å². The smallest absolute Gasteiger partial charge is 0.357 e. The van der Waals surface area contributed by atoms with E-state index in [0.29, 0.717) is 17.3 Å². The quantitative estimate of drug-likeness (QED) is 0.806. The summed E-state index contributed by atoms with van der Waals surface area (Å²) >= 11 is 0. The molecule has 0 fully saturated rings. The molecule has 2 rings (SSSR count). The van der Waals surface area contributed by atoms with E-state index in [9.17, 15) is 4.79 Å². The van der Waals surface area contributed by atoms with Gasteiger partial charge in [-0.05, 0) is 6.92 Å². The van der Waals surface area contributed by atoms with Crippen LogP contribution in [-0.4, -0.2) is 21.0 Å². The van der Waals surface area contributed by atoms with Gasteiger partial charge in [-0.25, -0.2) is 9.78 Å². The Hall–Kier alpha value is -2.11. The number of rotatable bonds is 2. The summed E-state index contributed by atoms with van der Waals surface area (Å²) in [6.45, 7) is 3.42. The number of aryl methyl sites for hydroxylation is 2. The molecule has 0 aliphatic carbocycles. The Labute approximate surface area is 84.6 Å². The fraction of sp³-hybridized carbons (Fsp3) is 0.222. The summed E-state index contributed by atoms with van der Waals surface area (Å²) in [6, 6.07) is 0. The van der Waals surface area contributed by atoms with Crippen molar-refractivity contribution in [3.8, 4) is 11.7 Å². The highest BCUT2D eigenvalue weighted by Crippen LogP contribution is 2.23. The van der Waals surface area contributed by atoms with E-state index in [0.717, 1.165) is 6.26 Å². The van der Waals surface area contributed by atoms with E-state index < -0.39 is 5.97 Å². The van der Waals surface area contributed by atoms with E-state index >= 15 is 0 Å². The number of carboxylic acid groups (broad SMARTS) is 1. The molecule has 2 aromatic rings. The van der Waals surface area contributed by atoms with E-state index in [-0.39, 0.29) is 11.6 Å². The first kappa shape index (κ1) is 9.45. The Morgan fingerprint density at radius 1 is 1.40 bits per heavy atom. The number of aromatic nitrogens is 2. The molecule has 0 saturated heterocycles. The normalized spacial score (nSPS) is 10.5. The van der Waals surface area contributed by atoms with Crippen LogP contribution < -0.4 is 0 Å². The van der Waals surface area contributed by atoms with Gasteiger partial charge in [-0.15, -0.1) is 0 Å². The maximum Gasteiger partial charge on any atom is 0.357 e. The zero-order chi connectivity index (χ0) is 11.0. The van der Waals surface area contributed by atoms with Gasteiger partial charge >= 0.3 is 5.97 Å². The van der Waals surface area contributed by atoms with Crippen LogP contribution in [-0.2, 0) is 0 Å². The molecule has 0 aromatic carbocycles. The minimum Gasteiger partial charge on any atom is -0.476 e. The van der Waals surface area contributed by atoms with Crippen molar-refractivity contribution in [3.05, 3.63) is 23.5 Å². The van der Waals surface area contributed by atoms with Gasteiger partial charge in [-0.3, -0.25) is 0 Å². The van der Waals surface area contributed by atoms with Crippen LogP contribution in [0.5, 0.6) is 0 Å². The second-order valence-electron chi connectivity index (χ2n) is 2.99. The average molecular weight is 208 g/mol. The maximum atomic E-state index is 10.6. The van der Waals surface area contributed by atoms with Crippen LogP contribution in [0.25, 0.3) is 11.7 Å². The van der Waals surface area contributed by atoms with Crippen molar-refractivity contribution in [2.45, 2.75) is 13.8 Å². The van der Waals surface area contributed by atoms with Crippen molar-refractivity contribution in [1.82, 2.24) is 9.97 Å². The first-order valence-corrected chi connectivity index (χ1v) is 4.21. The minimum atomic E-state index is -1.14. The summed E-state index contributed by atoms with van der Waals surface area (Å²) < 4.78 is 10.2. The van der Waals surface area contributed by atoms with Crippen molar-refractivity contribution < 1.29 is 18.7 Å². The lowest BCUT2D eigenvalue weighted by Crippen LogP contribution is -1.95. The highest BCUT2D eigenvalue weighted by atomic mass is 16.4. The van der Waals surface area contributed by atoms with Crippen LogP contribution in [0.1, 0.15) is 22.1 Å². The summed E-state index contributed by atoms with van der Waals surface area (Å²) in [5.41, 5.74) is 0.463. The molecular formula is C9H8N2O4. The lowest BCUT2D eigenvalue weighted by molar-refractivity contribution is 0.0690. The minimum absolute atomic E-state index is 0.130. The van der Waals surface area contributed by atoms with Crippen LogP contribution in [0, 0.1) is 13.8 Å². The van der Waals surface area contributed by atoms with Gasteiger partial charge in [-0.2, -0.15) is 4.98 Å². The highest BCUT2D eigenvalue weighted by molar-refractivity contribution is 5.85. The Balaban J connectivity index is 2.45. The predicted octanol–water partition coefficient (Wildman–Crippen LogP) is 1.64. The zero-order valence-electron chi connectivity index (χ0n) is 8.14. The molecule has 1 N–H and O–H groups in total. The van der Waals surface area contributed by atoms with E-state index in [1.165, 1.54) is 0 Å². The Bertz CT molecular complexity index is 512. The average Bonchev–Trinajstić information content (AvgIpc) is 2.71. The molecule has 0 bridgehead atoms. The molecule has 78 valence electrons. The molecule has 0 spiro atoms. The molecule has 2 heterocycles. The molecule has 6 nitrogen and oxygen atoms in total. The summed E-state index contributed by atoms with van der Waals surface area (Å²) in [5, 5.41) is 8.65. The van der Waals surface area contributed by atoms with Crippen molar-refractivity contribution in [3.63, 3.8) is 0 Å². The van der Waals surface area contributed by atoms with E-state index in [1.54, 1.807) is 13.8 Å². The van der Waals surface area contributed by atoms with Gasteiger partial charge in [0, 0.05) is 6.92 Å². The Kier molecular flexibility index (Phi) is 2.03. The number of nitrogens with zero attached hydrogens (tertiary/aromatic N) is 2. The van der Waals surface area contributed by atoms with Gasteiger partial charge in [0.05, 0.1) is 5.69 Å². The molecule has 0 atom stereocenters. The molecule has 0 amide bonds. The summed E-state index contributed by atoms with van der Waals surface area (Å²) in [7, 11) is 0. The van der Waals surface area contributed by atoms with Gasteiger partial charge in [0.25, 0.3) is 5.89 Å². The third-order valence-corrected chi connectivity index (χ3v) is 1.82. The van der Waals surface area contributed by atoms with Crippen LogP contribution >= 0.6 is 0 Å². The van der Waals surface area contributed by atoms with Crippen molar-refractivity contribution in [2.75, 3.05) is 0 Å². The molecule has 0 saturated carbocycles. The molecular weight excluding hydrogens is 200 g/mol. The maximum absolute atomic E-state index is 10.6. The van der Waals surface area contributed by atoms with E-state index in [1.807, 2.05) is 0 Å². The van der Waals surface area contributed by atoms with Crippen molar-refractivity contribution in [2.24, 2.45) is 0 Å². The monoisotopic (exact) mass is 208 g/mol. The van der Waals surface area contributed by atoms with Gasteiger partial charge in [0.1, 0.15) is 6.26 Å². The highest BCUT2D eigenvalue weighted by Gasteiger charge is 2.17. The molecule has 0 aliphatic rings. The number of carboxylic acids is 1. The van der Waals surface area contributed by atoms with Crippen LogP contribution in [0.3, 0.4) is 0 Å². The zero-order valence-corrected chi connectivity index (χ0v) is 8.14. The number of carbonyl (C=O) groups is 1. The van der Waals surface area contributed by atoms with E-state index in [4.69, 9.17) is 13.9 Å². The third kappa shape index (κ3) is 1.61. The largest absolute Gasteiger partial charge is 0.476 e. The van der Waals surface area contributed by atoms with Crippen molar-refractivity contribution >= 4 is 5.97 Å². The standard InChI is InChI=1S/C9H8N2O4/c1-4-7(15-5(2)10-4)8-11-6(3-14-8)9(12)13/h3H,1-2H3,(H,12,13). The molecule has 2 aromatic heterocycles. The molecule has 0 unspecified atom stereocenters. The Morgan fingerprint density at radius 2 is 2.13 bits per heavy atom. The molecule has 15 heavy (non-hydrogen) atoms. The van der Waals surface area contributed by atoms with Crippen molar-refractivity contribution in [1.29, 1.82) is 0 Å². The number of hydrogen-bond donors (Lipinski definition) is 1. The van der Waals surface area contributed by atoms with Crippen LogP contribution in [0.2, 0.25) is 0 Å². The topological polar surface area (TPSA) is 89.4 Å². The Morgan fingerprint density at radius 3 is 2.60 bits per heavy atom. The van der Waals surface area contributed by atoms with Gasteiger partial charge in [0.2, 0.25) is 5.76 Å². The number of aromatic carboxylic acids is 1. The number of oxazole rings is 2. The second-order valence-corrected chi connectivity index (χ2v) is 2.99. The summed E-state index contributed by atoms with van der Waals surface area (Å²) in [4.78, 5) is 18.3. The van der Waals surface area contributed by atoms with Gasteiger partial charge < -0.3 is 13.9 Å². The SMILES string of the molecule is Cc1nc(C)c(-c2nc(C(=O)O)co2)o1. The van der Waals surface area contributed by atoms with Crippen LogP contribution in [0.15, 0.2) is 15.1 Å².